The third kappa shape index (κ3) is 5.44. The third-order valence-corrected chi connectivity index (χ3v) is 3.77. The van der Waals surface area contributed by atoms with Crippen molar-refractivity contribution in [2.45, 2.75) is 26.3 Å². The number of nitrogens with two attached hydrogens (primary N) is 1. The van der Waals surface area contributed by atoms with Gasteiger partial charge in [-0.05, 0) is 38.5 Å². The molecule has 1 aromatic carbocycles. The van der Waals surface area contributed by atoms with Crippen molar-refractivity contribution in [2.75, 3.05) is 18.1 Å². The van der Waals surface area contributed by atoms with Gasteiger partial charge in [0.1, 0.15) is 4.99 Å². The first-order valence-electron chi connectivity index (χ1n) is 6.13. The first kappa shape index (κ1) is 16.9. The third-order valence-electron chi connectivity index (χ3n) is 2.62. The van der Waals surface area contributed by atoms with Crippen LogP contribution in [0.4, 0.5) is 5.69 Å². The Labute approximate surface area is 126 Å². The average molecular weight is 315 g/mol. The lowest BCUT2D eigenvalue weighted by molar-refractivity contribution is 0.476. The van der Waals surface area contributed by atoms with Crippen molar-refractivity contribution in [3.05, 3.63) is 29.3 Å². The fourth-order valence-electron chi connectivity index (χ4n) is 1.87. The van der Waals surface area contributed by atoms with Gasteiger partial charge in [0, 0.05) is 23.3 Å². The molecule has 0 unspecified atom stereocenters. The summed E-state index contributed by atoms with van der Waals surface area (Å²) in [5.41, 5.74) is 7.69. The van der Waals surface area contributed by atoms with Crippen molar-refractivity contribution >= 4 is 32.9 Å². The second kappa shape index (κ2) is 6.07. The minimum atomic E-state index is -3.26. The number of thiocarbonyl (C=S) groups is 1. The zero-order valence-electron chi connectivity index (χ0n) is 12.1. The summed E-state index contributed by atoms with van der Waals surface area (Å²) in [6.07, 6.45) is 1.14. The number of benzene rings is 1. The van der Waals surface area contributed by atoms with E-state index >= 15 is 0 Å². The molecule has 0 fully saturated rings. The molecule has 7 heteroatoms. The van der Waals surface area contributed by atoms with E-state index in [0.717, 1.165) is 23.1 Å². The van der Waals surface area contributed by atoms with Crippen LogP contribution in [0.15, 0.2) is 18.2 Å². The zero-order chi connectivity index (χ0) is 15.6. The first-order valence-corrected chi connectivity index (χ1v) is 8.43. The quantitative estimate of drug-likeness (QED) is 0.691. The van der Waals surface area contributed by atoms with Gasteiger partial charge >= 0.3 is 0 Å². The zero-order valence-corrected chi connectivity index (χ0v) is 13.8. The molecule has 1 rings (SSSR count). The molecule has 0 amide bonds. The molecule has 112 valence electrons. The van der Waals surface area contributed by atoms with E-state index in [0.29, 0.717) is 11.5 Å². The normalized spacial score (nSPS) is 12.2. The fourth-order valence-corrected chi connectivity index (χ4v) is 3.13. The van der Waals surface area contributed by atoms with E-state index in [1.807, 2.05) is 25.1 Å². The predicted octanol–water partition coefficient (Wildman–Crippen LogP) is 1.37. The molecule has 20 heavy (non-hydrogen) atoms. The summed E-state index contributed by atoms with van der Waals surface area (Å²) in [5.74, 6) is 0. The smallest absolute Gasteiger partial charge is 0.209 e. The minimum Gasteiger partial charge on any atom is -0.389 e. The molecule has 0 aromatic heterocycles. The Morgan fingerprint density at radius 3 is 2.50 bits per heavy atom. The second-order valence-corrected chi connectivity index (χ2v) is 7.71. The highest BCUT2D eigenvalue weighted by Gasteiger charge is 2.22. The van der Waals surface area contributed by atoms with Crippen LogP contribution in [0.25, 0.3) is 0 Å². The lowest BCUT2D eigenvalue weighted by Gasteiger charge is -2.26. The van der Waals surface area contributed by atoms with E-state index in [1.165, 1.54) is 0 Å². The number of hydrogen-bond donors (Lipinski definition) is 3. The van der Waals surface area contributed by atoms with Crippen LogP contribution in [-0.2, 0) is 10.0 Å². The van der Waals surface area contributed by atoms with Crippen molar-refractivity contribution in [1.82, 2.24) is 4.72 Å². The largest absolute Gasteiger partial charge is 0.389 e. The number of nitrogens with one attached hydrogen (secondary N) is 2. The summed E-state index contributed by atoms with van der Waals surface area (Å²) in [5, 5.41) is 3.20. The highest BCUT2D eigenvalue weighted by molar-refractivity contribution is 7.88. The summed E-state index contributed by atoms with van der Waals surface area (Å²) in [4.78, 5) is 0.307. The molecule has 1 aromatic rings. The van der Waals surface area contributed by atoms with Crippen LogP contribution in [-0.4, -0.2) is 31.7 Å². The molecule has 0 heterocycles. The number of rotatable bonds is 6. The Hall–Kier alpha value is -1.18. The van der Waals surface area contributed by atoms with Gasteiger partial charge in [0.25, 0.3) is 0 Å². The van der Waals surface area contributed by atoms with Gasteiger partial charge in [0.15, 0.2) is 0 Å². The van der Waals surface area contributed by atoms with E-state index in [-0.39, 0.29) is 0 Å². The minimum absolute atomic E-state index is 0.307. The number of anilines is 1. The molecular formula is C13H21N3O2S2. The Morgan fingerprint density at radius 1 is 1.40 bits per heavy atom. The number of sulfonamides is 1. The summed E-state index contributed by atoms with van der Waals surface area (Å²) in [7, 11) is -3.26. The molecule has 0 spiro atoms. The standard InChI is InChI=1S/C13H21N3O2S2/c1-9-5-6-10(12(14)19)11(7-9)15-8-13(2,3)16-20(4,17)18/h5-7,15-16H,8H2,1-4H3,(H2,14,19). The van der Waals surface area contributed by atoms with Crippen LogP contribution in [0.1, 0.15) is 25.0 Å². The molecule has 0 atom stereocenters. The van der Waals surface area contributed by atoms with Gasteiger partial charge in [-0.1, -0.05) is 18.3 Å². The molecule has 0 aliphatic carbocycles. The fraction of sp³-hybridized carbons (Fsp3) is 0.462. The van der Waals surface area contributed by atoms with Gasteiger partial charge in [0.2, 0.25) is 10.0 Å². The van der Waals surface area contributed by atoms with Crippen LogP contribution in [0.2, 0.25) is 0 Å². The number of hydrogen-bond acceptors (Lipinski definition) is 4. The average Bonchev–Trinajstić information content (AvgIpc) is 2.22. The van der Waals surface area contributed by atoms with Crippen molar-refractivity contribution in [3.63, 3.8) is 0 Å². The molecule has 5 nitrogen and oxygen atoms in total. The molecule has 0 aliphatic heterocycles. The van der Waals surface area contributed by atoms with Crippen LogP contribution >= 0.6 is 12.2 Å². The first-order chi connectivity index (χ1) is 9.00. The maximum Gasteiger partial charge on any atom is 0.209 e. The molecule has 0 saturated heterocycles. The monoisotopic (exact) mass is 315 g/mol. The van der Waals surface area contributed by atoms with Crippen LogP contribution < -0.4 is 15.8 Å². The molecule has 0 bridgehead atoms. The SMILES string of the molecule is Cc1ccc(C(N)=S)c(NCC(C)(C)NS(C)(=O)=O)c1. The van der Waals surface area contributed by atoms with Gasteiger partial charge in [-0.15, -0.1) is 0 Å². The van der Waals surface area contributed by atoms with E-state index < -0.39 is 15.6 Å². The Bertz CT molecular complexity index is 610. The van der Waals surface area contributed by atoms with E-state index in [2.05, 4.69) is 10.0 Å². The van der Waals surface area contributed by atoms with Crippen molar-refractivity contribution in [2.24, 2.45) is 5.73 Å². The lowest BCUT2D eigenvalue weighted by Crippen LogP contribution is -2.47. The molecular weight excluding hydrogens is 294 g/mol. The van der Waals surface area contributed by atoms with E-state index in [1.54, 1.807) is 13.8 Å². The predicted molar refractivity (Wildman–Crippen MR) is 87.6 cm³/mol. The van der Waals surface area contributed by atoms with Crippen LogP contribution in [0, 0.1) is 6.92 Å². The Balaban J connectivity index is 2.89. The Morgan fingerprint density at radius 2 is 2.00 bits per heavy atom. The Kier molecular flexibility index (Phi) is 5.12. The van der Waals surface area contributed by atoms with Crippen molar-refractivity contribution in [3.8, 4) is 0 Å². The highest BCUT2D eigenvalue weighted by Crippen LogP contribution is 2.18. The lowest BCUT2D eigenvalue weighted by atomic mass is 10.1. The number of aryl methyl sites for hydroxylation is 1. The van der Waals surface area contributed by atoms with Crippen molar-refractivity contribution < 1.29 is 8.42 Å². The summed E-state index contributed by atoms with van der Waals surface area (Å²) < 4.78 is 25.2. The summed E-state index contributed by atoms with van der Waals surface area (Å²) in [6.45, 7) is 5.99. The van der Waals surface area contributed by atoms with Gasteiger partial charge in [0.05, 0.1) is 6.26 Å². The van der Waals surface area contributed by atoms with Gasteiger partial charge < -0.3 is 11.1 Å². The molecule has 0 aliphatic rings. The topological polar surface area (TPSA) is 84.2 Å². The van der Waals surface area contributed by atoms with Gasteiger partial charge in [-0.3, -0.25) is 0 Å². The van der Waals surface area contributed by atoms with Crippen LogP contribution in [0.5, 0.6) is 0 Å². The molecule has 0 saturated carbocycles. The highest BCUT2D eigenvalue weighted by atomic mass is 32.2. The van der Waals surface area contributed by atoms with Gasteiger partial charge in [-0.2, -0.15) is 0 Å². The van der Waals surface area contributed by atoms with Crippen molar-refractivity contribution in [1.29, 1.82) is 0 Å². The van der Waals surface area contributed by atoms with Crippen LogP contribution in [0.3, 0.4) is 0 Å². The van der Waals surface area contributed by atoms with E-state index in [9.17, 15) is 8.42 Å². The molecule has 4 N–H and O–H groups in total. The summed E-state index contributed by atoms with van der Waals surface area (Å²) in [6, 6.07) is 5.72. The second-order valence-electron chi connectivity index (χ2n) is 5.52. The maximum atomic E-state index is 11.3. The maximum absolute atomic E-state index is 11.3. The molecule has 0 radical (unpaired) electrons. The van der Waals surface area contributed by atoms with Gasteiger partial charge in [-0.25, -0.2) is 13.1 Å². The summed E-state index contributed by atoms with van der Waals surface area (Å²) >= 11 is 5.01. The van der Waals surface area contributed by atoms with E-state index in [4.69, 9.17) is 18.0 Å².